The van der Waals surface area contributed by atoms with E-state index in [4.69, 9.17) is 0 Å². The smallest absolute Gasteiger partial charge is 0.224 e. The molecule has 0 fully saturated rings. The van der Waals surface area contributed by atoms with Gasteiger partial charge in [-0.25, -0.2) is 0 Å². The molecule has 0 heterocycles. The Balaban J connectivity index is 0.00000576. The maximum Gasteiger partial charge on any atom is 0.224 e. The van der Waals surface area contributed by atoms with Gasteiger partial charge in [-0.15, -0.1) is 35.7 Å². The molecule has 1 aromatic carbocycles. The van der Waals surface area contributed by atoms with E-state index < -0.39 is 0 Å². The highest BCUT2D eigenvalue weighted by molar-refractivity contribution is 14.0. The molecule has 0 aromatic heterocycles. The Bertz CT molecular complexity index is 495. The predicted octanol–water partition coefficient (Wildman–Crippen LogP) is 3.21. The Kier molecular flexibility index (Phi) is 14.7. The van der Waals surface area contributed by atoms with Gasteiger partial charge in [0.1, 0.15) is 0 Å². The van der Waals surface area contributed by atoms with E-state index in [-0.39, 0.29) is 29.9 Å². The molecule has 2 N–H and O–H groups in total. The second-order valence-corrected chi connectivity index (χ2v) is 6.33. The van der Waals surface area contributed by atoms with Gasteiger partial charge in [-0.1, -0.05) is 18.2 Å². The van der Waals surface area contributed by atoms with Gasteiger partial charge in [-0.3, -0.25) is 9.79 Å². The van der Waals surface area contributed by atoms with Crippen molar-refractivity contribution in [2.45, 2.75) is 32.1 Å². The van der Waals surface area contributed by atoms with E-state index in [0.29, 0.717) is 13.0 Å². The second-order valence-electron chi connectivity index (χ2n) is 5.16. The summed E-state index contributed by atoms with van der Waals surface area (Å²) in [5.41, 5.74) is 0. The standard InChI is InChI=1S/C18H30N4OS.HI/c1-4-19-18(20-13-12-17(23)22(5-2)6-3)21-14-15-24-16-10-8-7-9-11-16;/h7-11H,4-6,12-15H2,1-3H3,(H2,19,20,21);1H. The maximum absolute atomic E-state index is 12.0. The van der Waals surface area contributed by atoms with Crippen LogP contribution in [0.25, 0.3) is 0 Å². The summed E-state index contributed by atoms with van der Waals surface area (Å²) in [5, 5.41) is 6.53. The quantitative estimate of drug-likeness (QED) is 0.178. The largest absolute Gasteiger partial charge is 0.357 e. The third-order valence-electron chi connectivity index (χ3n) is 3.46. The van der Waals surface area contributed by atoms with Gasteiger partial charge >= 0.3 is 0 Å². The van der Waals surface area contributed by atoms with Crippen LogP contribution >= 0.6 is 35.7 Å². The van der Waals surface area contributed by atoms with E-state index in [1.807, 2.05) is 55.6 Å². The number of rotatable bonds is 10. The molecule has 1 rings (SSSR count). The molecule has 0 unspecified atom stereocenters. The van der Waals surface area contributed by atoms with E-state index in [1.165, 1.54) is 4.90 Å². The lowest BCUT2D eigenvalue weighted by Crippen LogP contribution is -2.38. The number of hydrogen-bond acceptors (Lipinski definition) is 3. The average molecular weight is 478 g/mol. The minimum absolute atomic E-state index is 0. The van der Waals surface area contributed by atoms with Crippen LogP contribution in [0, 0.1) is 0 Å². The summed E-state index contributed by atoms with van der Waals surface area (Å²) in [4.78, 5) is 19.6. The molecule has 1 aromatic rings. The topological polar surface area (TPSA) is 56.7 Å². The lowest BCUT2D eigenvalue weighted by atomic mass is 10.3. The minimum Gasteiger partial charge on any atom is -0.357 e. The van der Waals surface area contributed by atoms with E-state index in [1.54, 1.807) is 0 Å². The number of nitrogens with zero attached hydrogens (tertiary/aromatic N) is 2. The van der Waals surface area contributed by atoms with E-state index in [0.717, 1.165) is 37.9 Å². The Hall–Kier alpha value is -0.960. The first-order valence-corrected chi connectivity index (χ1v) is 9.67. The summed E-state index contributed by atoms with van der Waals surface area (Å²) in [6.45, 7) is 9.70. The molecule has 25 heavy (non-hydrogen) atoms. The number of carbonyl (C=O) groups is 1. The lowest BCUT2D eigenvalue weighted by Gasteiger charge is -2.18. The zero-order valence-corrected chi connectivity index (χ0v) is 18.6. The van der Waals surface area contributed by atoms with Gasteiger partial charge in [0.05, 0.1) is 6.54 Å². The monoisotopic (exact) mass is 478 g/mol. The number of guanidine groups is 1. The van der Waals surface area contributed by atoms with Gasteiger partial charge in [0, 0.05) is 43.2 Å². The van der Waals surface area contributed by atoms with Crippen LogP contribution in [0.3, 0.4) is 0 Å². The fourth-order valence-corrected chi connectivity index (χ4v) is 2.98. The Morgan fingerprint density at radius 1 is 1.12 bits per heavy atom. The molecule has 0 spiro atoms. The van der Waals surface area contributed by atoms with Crippen molar-refractivity contribution in [1.29, 1.82) is 0 Å². The molecular formula is C18H31IN4OS. The van der Waals surface area contributed by atoms with Crippen LogP contribution in [0.1, 0.15) is 27.2 Å². The van der Waals surface area contributed by atoms with Crippen molar-refractivity contribution in [3.8, 4) is 0 Å². The van der Waals surface area contributed by atoms with E-state index in [2.05, 4.69) is 27.8 Å². The summed E-state index contributed by atoms with van der Waals surface area (Å²) >= 11 is 1.81. The molecule has 0 radical (unpaired) electrons. The third-order valence-corrected chi connectivity index (χ3v) is 4.48. The van der Waals surface area contributed by atoms with Gasteiger partial charge in [0.2, 0.25) is 5.91 Å². The van der Waals surface area contributed by atoms with Crippen LogP contribution in [0.2, 0.25) is 0 Å². The zero-order valence-electron chi connectivity index (χ0n) is 15.5. The molecule has 0 saturated carbocycles. The highest BCUT2D eigenvalue weighted by atomic mass is 127. The lowest BCUT2D eigenvalue weighted by molar-refractivity contribution is -0.130. The second kappa shape index (κ2) is 15.3. The van der Waals surface area contributed by atoms with Crippen molar-refractivity contribution >= 4 is 47.6 Å². The van der Waals surface area contributed by atoms with Crippen molar-refractivity contribution in [2.24, 2.45) is 4.99 Å². The Labute approximate surface area is 173 Å². The van der Waals surface area contributed by atoms with Gasteiger partial charge in [0.15, 0.2) is 5.96 Å². The highest BCUT2D eigenvalue weighted by Crippen LogP contribution is 2.15. The predicted molar refractivity (Wildman–Crippen MR) is 119 cm³/mol. The van der Waals surface area contributed by atoms with Crippen LogP contribution in [-0.2, 0) is 4.79 Å². The number of hydrogen-bond donors (Lipinski definition) is 2. The van der Waals surface area contributed by atoms with Gasteiger partial charge in [-0.05, 0) is 32.9 Å². The van der Waals surface area contributed by atoms with Crippen molar-refractivity contribution in [3.63, 3.8) is 0 Å². The summed E-state index contributed by atoms with van der Waals surface area (Å²) < 4.78 is 0. The fourth-order valence-electron chi connectivity index (χ4n) is 2.19. The SMILES string of the molecule is CCNC(=NCCC(=O)N(CC)CC)NCCSc1ccccc1.I. The number of carbonyl (C=O) groups excluding carboxylic acids is 1. The van der Waals surface area contributed by atoms with Crippen molar-refractivity contribution < 1.29 is 4.79 Å². The van der Waals surface area contributed by atoms with Crippen LogP contribution in [0.4, 0.5) is 0 Å². The molecule has 0 atom stereocenters. The first kappa shape index (κ1) is 24.0. The molecule has 0 saturated heterocycles. The van der Waals surface area contributed by atoms with Crippen LogP contribution in [0.15, 0.2) is 40.2 Å². The molecule has 0 bridgehead atoms. The number of nitrogens with one attached hydrogen (secondary N) is 2. The van der Waals surface area contributed by atoms with E-state index in [9.17, 15) is 4.79 Å². The zero-order chi connectivity index (χ0) is 17.6. The minimum atomic E-state index is 0. The maximum atomic E-state index is 12.0. The van der Waals surface area contributed by atoms with Gasteiger partial charge < -0.3 is 15.5 Å². The molecule has 0 aliphatic carbocycles. The van der Waals surface area contributed by atoms with Crippen LogP contribution < -0.4 is 10.6 Å². The van der Waals surface area contributed by atoms with Crippen LogP contribution in [-0.4, -0.2) is 55.2 Å². The number of halogens is 1. The molecule has 5 nitrogen and oxygen atoms in total. The summed E-state index contributed by atoms with van der Waals surface area (Å²) in [6.07, 6.45) is 0.455. The summed E-state index contributed by atoms with van der Waals surface area (Å²) in [5.74, 6) is 1.91. The highest BCUT2D eigenvalue weighted by Gasteiger charge is 2.08. The number of thioether (sulfide) groups is 1. The Morgan fingerprint density at radius 2 is 1.80 bits per heavy atom. The van der Waals surface area contributed by atoms with Crippen LogP contribution in [0.5, 0.6) is 0 Å². The first-order chi connectivity index (χ1) is 11.7. The number of aliphatic imine (C=N–C) groups is 1. The van der Waals surface area contributed by atoms with Gasteiger partial charge in [-0.2, -0.15) is 0 Å². The third kappa shape index (κ3) is 10.6. The molecule has 7 heteroatoms. The Morgan fingerprint density at radius 3 is 2.40 bits per heavy atom. The number of benzene rings is 1. The van der Waals surface area contributed by atoms with Crippen molar-refractivity contribution in [1.82, 2.24) is 15.5 Å². The molecule has 1 amide bonds. The molecule has 0 aliphatic heterocycles. The fraction of sp³-hybridized carbons (Fsp3) is 0.556. The average Bonchev–Trinajstić information content (AvgIpc) is 2.60. The van der Waals surface area contributed by atoms with Gasteiger partial charge in [0.25, 0.3) is 0 Å². The van der Waals surface area contributed by atoms with E-state index >= 15 is 0 Å². The first-order valence-electron chi connectivity index (χ1n) is 8.69. The molecular weight excluding hydrogens is 447 g/mol. The normalized spacial score (nSPS) is 10.8. The molecule has 0 aliphatic rings. The number of amides is 1. The molecule has 142 valence electrons. The summed E-state index contributed by atoms with van der Waals surface area (Å²) in [7, 11) is 0. The summed E-state index contributed by atoms with van der Waals surface area (Å²) in [6, 6.07) is 10.4. The van der Waals surface area contributed by atoms with Crippen molar-refractivity contribution in [2.75, 3.05) is 38.5 Å². The van der Waals surface area contributed by atoms with Crippen molar-refractivity contribution in [3.05, 3.63) is 30.3 Å².